The minimum Gasteiger partial charge on any atom is -0.478 e. The third-order valence-corrected chi connectivity index (χ3v) is 2.82. The minimum absolute atomic E-state index is 0.0262. The van der Waals surface area contributed by atoms with Crippen LogP contribution in [0.1, 0.15) is 15.9 Å². The van der Waals surface area contributed by atoms with Crippen molar-refractivity contribution in [2.24, 2.45) is 0 Å². The molecule has 0 fully saturated rings. The Bertz CT molecular complexity index is 703. The van der Waals surface area contributed by atoms with Gasteiger partial charge in [0.05, 0.1) is 10.5 Å². The predicted molar refractivity (Wildman–Crippen MR) is 73.8 cm³/mol. The first kappa shape index (κ1) is 14.4. The highest BCUT2D eigenvalue weighted by Gasteiger charge is 2.10. The molecule has 0 saturated carbocycles. The highest BCUT2D eigenvalue weighted by molar-refractivity contribution is 5.88. The smallest absolute Gasteiger partial charge is 0.338 e. The topological polar surface area (TPSA) is 92.5 Å². The van der Waals surface area contributed by atoms with Gasteiger partial charge in [0, 0.05) is 24.4 Å². The van der Waals surface area contributed by atoms with Crippen molar-refractivity contribution in [3.63, 3.8) is 0 Å². The van der Waals surface area contributed by atoms with Crippen molar-refractivity contribution < 1.29 is 19.2 Å². The number of carbonyl (C=O) groups is 1. The van der Waals surface area contributed by atoms with Crippen molar-refractivity contribution >= 4 is 17.3 Å². The van der Waals surface area contributed by atoms with E-state index in [1.54, 1.807) is 12.1 Å². The van der Waals surface area contributed by atoms with E-state index in [1.807, 2.05) is 0 Å². The average Bonchev–Trinajstić information content (AvgIpc) is 2.45. The van der Waals surface area contributed by atoms with Crippen LogP contribution in [0.3, 0.4) is 0 Å². The summed E-state index contributed by atoms with van der Waals surface area (Å²) in [5, 5.41) is 22.3. The standard InChI is InChI=1S/C14H11FN2O4/c15-13-7-10(4-5-12(13)14(18)19)16-8-9-2-1-3-11(6-9)17(20)21/h1-7,16H,8H2,(H,18,19). The van der Waals surface area contributed by atoms with Crippen LogP contribution in [0.15, 0.2) is 42.5 Å². The van der Waals surface area contributed by atoms with E-state index in [4.69, 9.17) is 5.11 Å². The van der Waals surface area contributed by atoms with Crippen LogP contribution in [0.25, 0.3) is 0 Å². The lowest BCUT2D eigenvalue weighted by atomic mass is 10.1. The molecule has 6 nitrogen and oxygen atoms in total. The van der Waals surface area contributed by atoms with E-state index in [1.165, 1.54) is 18.2 Å². The van der Waals surface area contributed by atoms with Crippen LogP contribution in [0, 0.1) is 15.9 Å². The van der Waals surface area contributed by atoms with Crippen LogP contribution in [-0.2, 0) is 6.54 Å². The number of nitro benzene ring substituents is 1. The number of rotatable bonds is 5. The summed E-state index contributed by atoms with van der Waals surface area (Å²) in [5.41, 5.74) is 0.619. The van der Waals surface area contributed by atoms with Gasteiger partial charge in [-0.1, -0.05) is 12.1 Å². The number of hydrogen-bond acceptors (Lipinski definition) is 4. The summed E-state index contributed by atoms with van der Waals surface area (Å²) >= 11 is 0. The molecule has 0 saturated heterocycles. The van der Waals surface area contributed by atoms with E-state index in [0.717, 1.165) is 12.1 Å². The molecule has 2 aromatic carbocycles. The highest BCUT2D eigenvalue weighted by atomic mass is 19.1. The third kappa shape index (κ3) is 3.53. The van der Waals surface area contributed by atoms with Crippen molar-refractivity contribution in [2.75, 3.05) is 5.32 Å². The maximum Gasteiger partial charge on any atom is 0.338 e. The Kier molecular flexibility index (Phi) is 4.13. The zero-order valence-corrected chi connectivity index (χ0v) is 10.7. The second-order valence-corrected chi connectivity index (χ2v) is 4.28. The van der Waals surface area contributed by atoms with Crippen LogP contribution in [0.5, 0.6) is 0 Å². The van der Waals surface area contributed by atoms with Gasteiger partial charge < -0.3 is 10.4 Å². The Morgan fingerprint density at radius 2 is 2.05 bits per heavy atom. The molecule has 0 aliphatic rings. The fourth-order valence-electron chi connectivity index (χ4n) is 1.78. The predicted octanol–water partition coefficient (Wildman–Crippen LogP) is 3.04. The number of nitrogens with one attached hydrogen (secondary N) is 1. The number of carboxylic acid groups (broad SMARTS) is 1. The van der Waals surface area contributed by atoms with Gasteiger partial charge in [-0.05, 0) is 23.8 Å². The SMILES string of the molecule is O=C(O)c1ccc(NCc2cccc([N+](=O)[O-])c2)cc1F. The van der Waals surface area contributed by atoms with E-state index in [-0.39, 0.29) is 12.2 Å². The first-order valence-corrected chi connectivity index (χ1v) is 5.97. The molecule has 0 bridgehead atoms. The Morgan fingerprint density at radius 3 is 2.67 bits per heavy atom. The van der Waals surface area contributed by atoms with E-state index in [0.29, 0.717) is 11.3 Å². The third-order valence-electron chi connectivity index (χ3n) is 2.82. The lowest BCUT2D eigenvalue weighted by Gasteiger charge is -2.07. The van der Waals surface area contributed by atoms with E-state index in [2.05, 4.69) is 5.32 Å². The Morgan fingerprint density at radius 1 is 1.29 bits per heavy atom. The number of carboxylic acids is 1. The summed E-state index contributed by atoms with van der Waals surface area (Å²) in [4.78, 5) is 20.8. The Balaban J connectivity index is 2.10. The summed E-state index contributed by atoms with van der Waals surface area (Å²) in [6.07, 6.45) is 0. The van der Waals surface area contributed by atoms with Gasteiger partial charge in [0.25, 0.3) is 5.69 Å². The monoisotopic (exact) mass is 290 g/mol. The molecule has 0 heterocycles. The largest absolute Gasteiger partial charge is 0.478 e. The molecule has 7 heteroatoms. The number of hydrogen-bond donors (Lipinski definition) is 2. The summed E-state index contributed by atoms with van der Waals surface area (Å²) in [6.45, 7) is 0.257. The van der Waals surface area contributed by atoms with Gasteiger partial charge in [0.2, 0.25) is 0 Å². The minimum atomic E-state index is -1.34. The summed E-state index contributed by atoms with van der Waals surface area (Å²) in [5.74, 6) is -2.18. The van der Waals surface area contributed by atoms with Crippen molar-refractivity contribution in [2.45, 2.75) is 6.54 Å². The molecular weight excluding hydrogens is 279 g/mol. The molecular formula is C14H11FN2O4. The highest BCUT2D eigenvalue weighted by Crippen LogP contribution is 2.17. The number of nitro groups is 1. The summed E-state index contributed by atoms with van der Waals surface area (Å²) in [7, 11) is 0. The van der Waals surface area contributed by atoms with Crippen molar-refractivity contribution in [1.29, 1.82) is 0 Å². The Hall–Kier alpha value is -2.96. The zero-order chi connectivity index (χ0) is 15.4. The van der Waals surface area contributed by atoms with E-state index >= 15 is 0 Å². The molecule has 2 aromatic rings. The van der Waals surface area contributed by atoms with Crippen molar-refractivity contribution in [1.82, 2.24) is 0 Å². The normalized spacial score (nSPS) is 10.1. The van der Waals surface area contributed by atoms with Gasteiger partial charge >= 0.3 is 5.97 Å². The van der Waals surface area contributed by atoms with Gasteiger partial charge in [-0.15, -0.1) is 0 Å². The zero-order valence-electron chi connectivity index (χ0n) is 10.7. The van der Waals surface area contributed by atoms with Crippen LogP contribution in [-0.4, -0.2) is 16.0 Å². The van der Waals surface area contributed by atoms with Crippen LogP contribution in [0.4, 0.5) is 15.8 Å². The molecule has 0 unspecified atom stereocenters. The molecule has 0 aliphatic carbocycles. The number of anilines is 1. The number of benzene rings is 2. The second-order valence-electron chi connectivity index (χ2n) is 4.28. The molecule has 0 spiro atoms. The lowest BCUT2D eigenvalue weighted by molar-refractivity contribution is -0.384. The number of halogens is 1. The molecule has 2 N–H and O–H groups in total. The summed E-state index contributed by atoms with van der Waals surface area (Å²) in [6, 6.07) is 9.71. The lowest BCUT2D eigenvalue weighted by Crippen LogP contribution is -2.04. The number of nitrogens with zero attached hydrogens (tertiary/aromatic N) is 1. The fraction of sp³-hybridized carbons (Fsp3) is 0.0714. The first-order valence-electron chi connectivity index (χ1n) is 5.97. The van der Waals surface area contributed by atoms with Gasteiger partial charge in [-0.2, -0.15) is 0 Å². The molecule has 108 valence electrons. The molecule has 0 aliphatic heterocycles. The van der Waals surface area contributed by atoms with E-state index < -0.39 is 22.3 Å². The molecule has 0 atom stereocenters. The van der Waals surface area contributed by atoms with Gasteiger partial charge in [-0.25, -0.2) is 9.18 Å². The Labute approximate surface area is 119 Å². The second kappa shape index (κ2) is 6.00. The van der Waals surface area contributed by atoms with Crippen LogP contribution < -0.4 is 5.32 Å². The maximum absolute atomic E-state index is 13.5. The number of non-ortho nitro benzene ring substituents is 1. The van der Waals surface area contributed by atoms with Gasteiger partial charge in [0.1, 0.15) is 5.82 Å². The maximum atomic E-state index is 13.5. The number of aromatic carboxylic acids is 1. The molecule has 2 rings (SSSR count). The molecule has 0 amide bonds. The quantitative estimate of drug-likeness (QED) is 0.652. The van der Waals surface area contributed by atoms with Crippen molar-refractivity contribution in [3.05, 3.63) is 69.5 Å². The van der Waals surface area contributed by atoms with Gasteiger partial charge in [-0.3, -0.25) is 10.1 Å². The van der Waals surface area contributed by atoms with Crippen LogP contribution >= 0.6 is 0 Å². The van der Waals surface area contributed by atoms with Crippen molar-refractivity contribution in [3.8, 4) is 0 Å². The fourth-order valence-corrected chi connectivity index (χ4v) is 1.78. The summed E-state index contributed by atoms with van der Waals surface area (Å²) < 4.78 is 13.5. The molecule has 0 aromatic heterocycles. The van der Waals surface area contributed by atoms with E-state index in [9.17, 15) is 19.3 Å². The van der Waals surface area contributed by atoms with Gasteiger partial charge in [0.15, 0.2) is 0 Å². The average molecular weight is 290 g/mol. The molecule has 0 radical (unpaired) electrons. The molecule has 21 heavy (non-hydrogen) atoms. The first-order chi connectivity index (χ1) is 9.97. The van der Waals surface area contributed by atoms with Crippen LogP contribution in [0.2, 0.25) is 0 Å².